The van der Waals surface area contributed by atoms with Gasteiger partial charge in [0.2, 0.25) is 11.8 Å². The van der Waals surface area contributed by atoms with Crippen LogP contribution >= 0.6 is 23.4 Å². The molecule has 1 fully saturated rings. The van der Waals surface area contributed by atoms with Crippen molar-refractivity contribution >= 4 is 46.0 Å². The largest absolute Gasteiger partial charge is 0.355 e. The van der Waals surface area contributed by atoms with Crippen molar-refractivity contribution in [2.24, 2.45) is 4.99 Å². The minimum atomic E-state index is -0.484. The third-order valence-corrected chi connectivity index (χ3v) is 6.93. The number of carbonyl (C=O) groups excluding carboxylic acids is 2. The summed E-state index contributed by atoms with van der Waals surface area (Å²) in [5.41, 5.74) is 1.85. The first kappa shape index (κ1) is 25.3. The zero-order valence-corrected chi connectivity index (χ0v) is 20.7. The third kappa shape index (κ3) is 8.20. The van der Waals surface area contributed by atoms with Gasteiger partial charge in [-0.1, -0.05) is 92.4 Å². The van der Waals surface area contributed by atoms with Crippen LogP contribution < -0.4 is 5.32 Å². The first-order valence-corrected chi connectivity index (χ1v) is 13.0. The summed E-state index contributed by atoms with van der Waals surface area (Å²) in [6, 6.07) is 17.3. The van der Waals surface area contributed by atoms with Crippen LogP contribution in [0.1, 0.15) is 51.0 Å². The summed E-state index contributed by atoms with van der Waals surface area (Å²) in [5, 5.41) is 3.67. The Hall–Kier alpha value is -2.31. The van der Waals surface area contributed by atoms with E-state index in [-0.39, 0.29) is 18.2 Å². The Kier molecular flexibility index (Phi) is 10.3. The summed E-state index contributed by atoms with van der Waals surface area (Å²) in [6.07, 6.45) is 6.50. The summed E-state index contributed by atoms with van der Waals surface area (Å²) in [7, 11) is 0. The number of benzene rings is 2. The number of halogens is 1. The van der Waals surface area contributed by atoms with Crippen LogP contribution in [0.25, 0.3) is 0 Å². The molecule has 1 saturated heterocycles. The topological polar surface area (TPSA) is 61.8 Å². The molecule has 1 N–H and O–H groups in total. The van der Waals surface area contributed by atoms with Crippen molar-refractivity contribution in [2.45, 2.75) is 57.1 Å². The lowest BCUT2D eigenvalue weighted by atomic mass is 10.1. The molecule has 2 amide bonds. The number of thioether (sulfide) groups is 1. The van der Waals surface area contributed by atoms with E-state index in [0.29, 0.717) is 29.0 Å². The number of nitrogens with zero attached hydrogens (tertiary/aromatic N) is 2. The fraction of sp³-hybridized carbons (Fsp3) is 0.423. The molecule has 0 aromatic heterocycles. The van der Waals surface area contributed by atoms with Crippen molar-refractivity contribution in [2.75, 3.05) is 13.1 Å². The number of nitrogens with one attached hydrogen (secondary N) is 1. The van der Waals surface area contributed by atoms with Crippen LogP contribution in [0.3, 0.4) is 0 Å². The van der Waals surface area contributed by atoms with Crippen molar-refractivity contribution in [3.63, 3.8) is 0 Å². The first-order chi connectivity index (χ1) is 16.1. The van der Waals surface area contributed by atoms with Gasteiger partial charge in [0.15, 0.2) is 5.17 Å². The smallest absolute Gasteiger partial charge is 0.234 e. The van der Waals surface area contributed by atoms with E-state index in [2.05, 4.69) is 12.2 Å². The van der Waals surface area contributed by atoms with Crippen molar-refractivity contribution in [1.82, 2.24) is 10.2 Å². The Morgan fingerprint density at radius 1 is 1.12 bits per heavy atom. The highest BCUT2D eigenvalue weighted by Crippen LogP contribution is 2.30. The summed E-state index contributed by atoms with van der Waals surface area (Å²) >= 11 is 7.49. The van der Waals surface area contributed by atoms with Crippen LogP contribution in [-0.4, -0.2) is 40.2 Å². The Balaban J connectivity index is 1.66. The minimum Gasteiger partial charge on any atom is -0.355 e. The summed E-state index contributed by atoms with van der Waals surface area (Å²) in [4.78, 5) is 32.3. The number of rotatable bonds is 11. The van der Waals surface area contributed by atoms with Crippen LogP contribution in [0, 0.1) is 0 Å². The van der Waals surface area contributed by atoms with Gasteiger partial charge in [-0.15, -0.1) is 0 Å². The van der Waals surface area contributed by atoms with Gasteiger partial charge in [0.25, 0.3) is 0 Å². The van der Waals surface area contributed by atoms with Crippen molar-refractivity contribution in [3.05, 3.63) is 65.2 Å². The van der Waals surface area contributed by atoms with Gasteiger partial charge < -0.3 is 5.32 Å². The fourth-order valence-corrected chi connectivity index (χ4v) is 5.01. The Bertz CT molecular complexity index is 952. The van der Waals surface area contributed by atoms with Gasteiger partial charge in [0.05, 0.1) is 10.9 Å². The maximum Gasteiger partial charge on any atom is 0.234 e. The van der Waals surface area contributed by atoms with Crippen LogP contribution in [0.4, 0.5) is 5.69 Å². The molecule has 2 aromatic carbocycles. The van der Waals surface area contributed by atoms with E-state index in [1.54, 1.807) is 17.0 Å². The van der Waals surface area contributed by atoms with Crippen molar-refractivity contribution in [1.29, 1.82) is 0 Å². The van der Waals surface area contributed by atoms with E-state index in [9.17, 15) is 9.59 Å². The van der Waals surface area contributed by atoms with Gasteiger partial charge >= 0.3 is 0 Å². The maximum absolute atomic E-state index is 13.0. The predicted molar refractivity (Wildman–Crippen MR) is 138 cm³/mol. The SMILES string of the molecule is CCCCCCCN1C(=O)CC(C(=O)NCCc2ccccc2)SC1=Nc1cccc(Cl)c1. The number of amides is 2. The zero-order chi connectivity index (χ0) is 23.5. The number of aliphatic imine (C=N–C) groups is 1. The summed E-state index contributed by atoms with van der Waals surface area (Å²) in [6.45, 7) is 3.35. The highest BCUT2D eigenvalue weighted by atomic mass is 35.5. The lowest BCUT2D eigenvalue weighted by Gasteiger charge is -2.32. The molecule has 0 spiro atoms. The number of unbranched alkanes of at least 4 members (excludes halogenated alkanes) is 4. The highest BCUT2D eigenvalue weighted by Gasteiger charge is 2.35. The molecule has 1 unspecified atom stereocenters. The molecule has 33 heavy (non-hydrogen) atoms. The van der Waals surface area contributed by atoms with Gasteiger partial charge in [-0.3, -0.25) is 14.5 Å². The van der Waals surface area contributed by atoms with Crippen molar-refractivity contribution < 1.29 is 9.59 Å². The molecule has 176 valence electrons. The average molecular weight is 486 g/mol. The normalized spacial score (nSPS) is 17.4. The second-order valence-electron chi connectivity index (χ2n) is 8.17. The van der Waals surface area contributed by atoms with Crippen molar-refractivity contribution in [3.8, 4) is 0 Å². The number of amidine groups is 1. The van der Waals surface area contributed by atoms with Gasteiger partial charge in [-0.25, -0.2) is 4.99 Å². The molecule has 7 heteroatoms. The number of hydrogen-bond donors (Lipinski definition) is 1. The standard InChI is InChI=1S/C26H32ClN3O2S/c1-2-3-4-5-9-17-30-24(31)19-23(25(32)28-16-15-20-11-7-6-8-12-20)33-26(30)29-22-14-10-13-21(27)18-22/h6-8,10-14,18,23H,2-5,9,15-17,19H2,1H3,(H,28,32). The lowest BCUT2D eigenvalue weighted by Crippen LogP contribution is -2.47. The molecule has 0 saturated carbocycles. The lowest BCUT2D eigenvalue weighted by molar-refractivity contribution is -0.130. The van der Waals surface area contributed by atoms with Gasteiger partial charge in [-0.05, 0) is 36.6 Å². The molecule has 1 heterocycles. The Morgan fingerprint density at radius 2 is 1.91 bits per heavy atom. The highest BCUT2D eigenvalue weighted by molar-refractivity contribution is 8.15. The van der Waals surface area contributed by atoms with E-state index >= 15 is 0 Å². The molecule has 1 aliphatic rings. The Labute approximate surface area is 206 Å². The van der Waals surface area contributed by atoms with Crippen LogP contribution in [-0.2, 0) is 16.0 Å². The molecule has 0 radical (unpaired) electrons. The molecular formula is C26H32ClN3O2S. The molecule has 0 bridgehead atoms. The van der Waals surface area contributed by atoms with E-state index in [1.807, 2.05) is 42.5 Å². The third-order valence-electron chi connectivity index (χ3n) is 5.51. The maximum atomic E-state index is 13.0. The summed E-state index contributed by atoms with van der Waals surface area (Å²) < 4.78 is 0. The molecule has 1 aliphatic heterocycles. The molecule has 5 nitrogen and oxygen atoms in total. The number of hydrogen-bond acceptors (Lipinski definition) is 4. The quantitative estimate of drug-likeness (QED) is 0.397. The zero-order valence-electron chi connectivity index (χ0n) is 19.1. The second kappa shape index (κ2) is 13.4. The first-order valence-electron chi connectivity index (χ1n) is 11.7. The Morgan fingerprint density at radius 3 is 2.67 bits per heavy atom. The van der Waals surface area contributed by atoms with E-state index < -0.39 is 5.25 Å². The molecule has 1 atom stereocenters. The molecule has 0 aliphatic carbocycles. The van der Waals surface area contributed by atoms with Gasteiger partial charge in [-0.2, -0.15) is 0 Å². The fourth-order valence-electron chi connectivity index (χ4n) is 3.68. The van der Waals surface area contributed by atoms with E-state index in [1.165, 1.54) is 36.6 Å². The van der Waals surface area contributed by atoms with Crippen LogP contribution in [0.15, 0.2) is 59.6 Å². The number of carbonyl (C=O) groups is 2. The van der Waals surface area contributed by atoms with Gasteiger partial charge in [0, 0.05) is 24.5 Å². The predicted octanol–water partition coefficient (Wildman–Crippen LogP) is 5.99. The monoisotopic (exact) mass is 485 g/mol. The second-order valence-corrected chi connectivity index (χ2v) is 9.78. The molecule has 3 rings (SSSR count). The van der Waals surface area contributed by atoms with Crippen LogP contribution in [0.5, 0.6) is 0 Å². The minimum absolute atomic E-state index is 0.0479. The van der Waals surface area contributed by atoms with E-state index in [4.69, 9.17) is 16.6 Å². The molecular weight excluding hydrogens is 454 g/mol. The van der Waals surface area contributed by atoms with Gasteiger partial charge in [0.1, 0.15) is 0 Å². The summed E-state index contributed by atoms with van der Waals surface area (Å²) in [5.74, 6) is -0.168. The molecule has 2 aromatic rings. The van der Waals surface area contributed by atoms with Crippen LogP contribution in [0.2, 0.25) is 5.02 Å². The average Bonchev–Trinajstić information content (AvgIpc) is 2.81. The van der Waals surface area contributed by atoms with E-state index in [0.717, 1.165) is 19.3 Å².